The number of rotatable bonds is 9. The summed E-state index contributed by atoms with van der Waals surface area (Å²) in [6.45, 7) is 2.36. The van der Waals surface area contributed by atoms with Crippen molar-refractivity contribution in [1.29, 1.82) is 0 Å². The van der Waals surface area contributed by atoms with E-state index in [0.717, 1.165) is 11.3 Å². The maximum atomic E-state index is 11.9. The van der Waals surface area contributed by atoms with E-state index in [-0.39, 0.29) is 5.91 Å². The molecule has 27 heavy (non-hydrogen) atoms. The highest BCUT2D eigenvalue weighted by atomic mass is 35.5. The summed E-state index contributed by atoms with van der Waals surface area (Å²) in [5.74, 6) is 1.89. The predicted octanol–water partition coefficient (Wildman–Crippen LogP) is 3.97. The number of benzene rings is 2. The minimum Gasteiger partial charge on any atom is -0.497 e. The normalized spacial score (nSPS) is 10.7. The van der Waals surface area contributed by atoms with E-state index in [4.69, 9.17) is 25.8 Å². The van der Waals surface area contributed by atoms with Crippen LogP contribution in [-0.2, 0) is 4.79 Å². The zero-order chi connectivity index (χ0) is 19.6. The van der Waals surface area contributed by atoms with Crippen molar-refractivity contribution in [3.05, 3.63) is 52.5 Å². The van der Waals surface area contributed by atoms with Gasteiger partial charge in [-0.15, -0.1) is 0 Å². The summed E-state index contributed by atoms with van der Waals surface area (Å²) in [4.78, 5) is 11.9. The Hall–Kier alpha value is -2.73. The van der Waals surface area contributed by atoms with Crippen molar-refractivity contribution in [2.75, 3.05) is 20.8 Å². The van der Waals surface area contributed by atoms with Gasteiger partial charge in [0.2, 0.25) is 5.91 Å². The van der Waals surface area contributed by atoms with Gasteiger partial charge >= 0.3 is 0 Å². The molecule has 2 aromatic carbocycles. The minimum absolute atomic E-state index is 0.190. The fourth-order valence-electron chi connectivity index (χ4n) is 2.36. The second-order valence-corrected chi connectivity index (χ2v) is 6.20. The summed E-state index contributed by atoms with van der Waals surface area (Å²) in [6, 6.07) is 10.8. The molecule has 0 atom stereocenters. The molecule has 0 unspecified atom stereocenters. The number of hydrogen-bond acceptors (Lipinski definition) is 5. The largest absolute Gasteiger partial charge is 0.497 e. The number of aryl methyl sites for hydroxylation is 1. The molecule has 2 aromatic rings. The molecule has 0 aliphatic rings. The van der Waals surface area contributed by atoms with E-state index in [1.54, 1.807) is 38.5 Å². The molecule has 0 fully saturated rings. The zero-order valence-corrected chi connectivity index (χ0v) is 16.4. The van der Waals surface area contributed by atoms with Crippen molar-refractivity contribution in [3.63, 3.8) is 0 Å². The Morgan fingerprint density at radius 2 is 1.93 bits per heavy atom. The quantitative estimate of drug-likeness (QED) is 0.399. The lowest BCUT2D eigenvalue weighted by molar-refractivity contribution is -0.121. The van der Waals surface area contributed by atoms with Gasteiger partial charge in [-0.05, 0) is 55.3 Å². The van der Waals surface area contributed by atoms with Crippen molar-refractivity contribution in [2.24, 2.45) is 5.10 Å². The number of halogens is 1. The van der Waals surface area contributed by atoms with E-state index in [2.05, 4.69) is 10.5 Å². The first-order valence-electron chi connectivity index (χ1n) is 8.46. The van der Waals surface area contributed by atoms with E-state index in [1.807, 2.05) is 19.1 Å². The first-order valence-corrected chi connectivity index (χ1v) is 8.84. The first-order chi connectivity index (χ1) is 13.0. The van der Waals surface area contributed by atoms with E-state index >= 15 is 0 Å². The molecule has 0 aliphatic heterocycles. The van der Waals surface area contributed by atoms with Crippen LogP contribution in [0.15, 0.2) is 41.5 Å². The molecule has 144 valence electrons. The fraction of sp³-hybridized carbons (Fsp3) is 0.300. The summed E-state index contributed by atoms with van der Waals surface area (Å²) >= 11 is 5.91. The molecule has 0 bridgehead atoms. The van der Waals surface area contributed by atoms with Crippen molar-refractivity contribution in [1.82, 2.24) is 5.43 Å². The van der Waals surface area contributed by atoms with Crippen LogP contribution < -0.4 is 19.6 Å². The average molecular weight is 391 g/mol. The van der Waals surface area contributed by atoms with Crippen LogP contribution >= 0.6 is 11.6 Å². The van der Waals surface area contributed by atoms with Gasteiger partial charge in [0.25, 0.3) is 0 Å². The van der Waals surface area contributed by atoms with Crippen LogP contribution in [0.3, 0.4) is 0 Å². The number of carbonyl (C=O) groups excluding carboxylic acids is 1. The lowest BCUT2D eigenvalue weighted by atomic mass is 10.2. The van der Waals surface area contributed by atoms with Crippen molar-refractivity contribution < 1.29 is 19.0 Å². The first kappa shape index (κ1) is 20.6. The molecule has 0 aliphatic carbocycles. The topological polar surface area (TPSA) is 69.2 Å². The van der Waals surface area contributed by atoms with Gasteiger partial charge in [0.15, 0.2) is 0 Å². The fourth-order valence-corrected chi connectivity index (χ4v) is 2.59. The van der Waals surface area contributed by atoms with Gasteiger partial charge < -0.3 is 14.2 Å². The van der Waals surface area contributed by atoms with Gasteiger partial charge in [0.05, 0.1) is 27.0 Å². The zero-order valence-electron chi connectivity index (χ0n) is 15.6. The minimum atomic E-state index is -0.190. The Bertz CT molecular complexity index is 809. The monoisotopic (exact) mass is 390 g/mol. The van der Waals surface area contributed by atoms with Gasteiger partial charge in [0, 0.05) is 17.0 Å². The van der Waals surface area contributed by atoms with E-state index in [0.29, 0.717) is 41.5 Å². The number of nitrogens with one attached hydrogen (secondary N) is 1. The molecule has 0 aromatic heterocycles. The Kier molecular flexibility index (Phi) is 7.95. The van der Waals surface area contributed by atoms with Crippen LogP contribution in [0.1, 0.15) is 24.0 Å². The van der Waals surface area contributed by atoms with Gasteiger partial charge in [-0.3, -0.25) is 4.79 Å². The van der Waals surface area contributed by atoms with Gasteiger partial charge in [0.1, 0.15) is 17.2 Å². The lowest BCUT2D eigenvalue weighted by Crippen LogP contribution is -2.18. The number of carbonyl (C=O) groups is 1. The highest BCUT2D eigenvalue weighted by molar-refractivity contribution is 6.30. The molecule has 1 N–H and O–H groups in total. The predicted molar refractivity (Wildman–Crippen MR) is 106 cm³/mol. The van der Waals surface area contributed by atoms with Gasteiger partial charge in [-0.25, -0.2) is 5.43 Å². The molecular formula is C20H23ClN2O4. The second-order valence-electron chi connectivity index (χ2n) is 5.76. The number of nitrogens with zero attached hydrogens (tertiary/aromatic N) is 1. The Morgan fingerprint density at radius 3 is 2.63 bits per heavy atom. The SMILES string of the molecule is COc1ccc(OC)c(/C=N/NC(=O)CCCOc2ccc(Cl)cc2C)c1. The van der Waals surface area contributed by atoms with Crippen molar-refractivity contribution >= 4 is 23.7 Å². The molecular weight excluding hydrogens is 368 g/mol. The van der Waals surface area contributed by atoms with E-state index < -0.39 is 0 Å². The lowest BCUT2D eigenvalue weighted by Gasteiger charge is -2.09. The van der Waals surface area contributed by atoms with Crippen LogP contribution in [0, 0.1) is 6.92 Å². The molecule has 0 saturated heterocycles. The molecule has 0 radical (unpaired) electrons. The van der Waals surface area contributed by atoms with Gasteiger partial charge in [-0.1, -0.05) is 11.6 Å². The molecule has 6 nitrogen and oxygen atoms in total. The molecule has 0 spiro atoms. The van der Waals surface area contributed by atoms with Crippen molar-refractivity contribution in [3.8, 4) is 17.2 Å². The standard InChI is InChI=1S/C20H23ClN2O4/c1-14-11-16(21)6-8-18(14)27-10-4-5-20(24)23-22-13-15-12-17(25-2)7-9-19(15)26-3/h6-9,11-13H,4-5,10H2,1-3H3,(H,23,24)/b22-13+. The number of ether oxygens (including phenoxy) is 3. The maximum absolute atomic E-state index is 11.9. The van der Waals surface area contributed by atoms with Crippen molar-refractivity contribution in [2.45, 2.75) is 19.8 Å². The Morgan fingerprint density at radius 1 is 1.15 bits per heavy atom. The maximum Gasteiger partial charge on any atom is 0.240 e. The number of methoxy groups -OCH3 is 2. The number of hydrogen-bond donors (Lipinski definition) is 1. The van der Waals surface area contributed by atoms with E-state index in [1.165, 1.54) is 6.21 Å². The third-order valence-electron chi connectivity index (χ3n) is 3.77. The Balaban J connectivity index is 1.77. The smallest absolute Gasteiger partial charge is 0.240 e. The molecule has 2 rings (SSSR count). The van der Waals surface area contributed by atoms with E-state index in [9.17, 15) is 4.79 Å². The van der Waals surface area contributed by atoms with Crippen LogP contribution in [-0.4, -0.2) is 32.9 Å². The van der Waals surface area contributed by atoms with Crippen LogP contribution in [0.2, 0.25) is 5.02 Å². The summed E-state index contributed by atoms with van der Waals surface area (Å²) < 4.78 is 16.1. The molecule has 7 heteroatoms. The highest BCUT2D eigenvalue weighted by Gasteiger charge is 2.05. The molecule has 0 saturated carbocycles. The molecule has 1 amide bonds. The van der Waals surface area contributed by atoms with Crippen LogP contribution in [0.5, 0.6) is 17.2 Å². The average Bonchev–Trinajstić information content (AvgIpc) is 2.66. The van der Waals surface area contributed by atoms with Gasteiger partial charge in [-0.2, -0.15) is 5.10 Å². The van der Waals surface area contributed by atoms with Crippen LogP contribution in [0.25, 0.3) is 0 Å². The summed E-state index contributed by atoms with van der Waals surface area (Å²) in [5, 5.41) is 4.64. The summed E-state index contributed by atoms with van der Waals surface area (Å²) in [6.07, 6.45) is 2.40. The summed E-state index contributed by atoms with van der Waals surface area (Å²) in [7, 11) is 3.15. The summed E-state index contributed by atoms with van der Waals surface area (Å²) in [5.41, 5.74) is 4.17. The Labute approximate surface area is 164 Å². The highest BCUT2D eigenvalue weighted by Crippen LogP contribution is 2.23. The molecule has 0 heterocycles. The third-order valence-corrected chi connectivity index (χ3v) is 4.01. The number of amides is 1. The second kappa shape index (κ2) is 10.4. The third kappa shape index (κ3) is 6.49. The number of hydrazone groups is 1. The van der Waals surface area contributed by atoms with Crippen LogP contribution in [0.4, 0.5) is 0 Å².